The lowest BCUT2D eigenvalue weighted by Crippen LogP contribution is -1.85. The molecule has 0 amide bonds. The van der Waals surface area contributed by atoms with Crippen LogP contribution in [0.5, 0.6) is 0 Å². The Kier molecular flexibility index (Phi) is 19.6. The lowest BCUT2D eigenvalue weighted by molar-refractivity contribution is 0.186. The van der Waals surface area contributed by atoms with Crippen LogP contribution >= 0.6 is 0 Å². The van der Waals surface area contributed by atoms with Gasteiger partial charge in [0.1, 0.15) is 0 Å². The fraction of sp³-hybridized carbons (Fsp3) is 0.667. The second-order valence-corrected chi connectivity index (χ2v) is 1.07. The number of ether oxygens (including phenoxy) is 1. The van der Waals surface area contributed by atoms with Crippen molar-refractivity contribution in [3.63, 3.8) is 0 Å². The van der Waals surface area contributed by atoms with Crippen LogP contribution in [-0.2, 0) is 4.74 Å². The third-order valence-corrected chi connectivity index (χ3v) is 0.385. The molecule has 0 unspecified atom stereocenters. The molecule has 0 aliphatic carbocycles. The zero-order chi connectivity index (χ0) is 7.54. The molecule has 0 saturated carbocycles. The van der Waals surface area contributed by atoms with Crippen molar-refractivity contribution in [1.82, 2.24) is 0 Å². The van der Waals surface area contributed by atoms with Crippen molar-refractivity contribution < 1.29 is 14.9 Å². The first-order chi connectivity index (χ1) is 4.33. The average molecular weight is 134 g/mol. The molecular weight excluding hydrogens is 120 g/mol. The highest BCUT2D eigenvalue weighted by Gasteiger charge is 1.58. The van der Waals surface area contributed by atoms with Crippen molar-refractivity contribution in [2.45, 2.75) is 6.92 Å². The van der Waals surface area contributed by atoms with E-state index in [9.17, 15) is 0 Å². The quantitative estimate of drug-likeness (QED) is 0.540. The molecule has 3 heteroatoms. The third kappa shape index (κ3) is 36.7. The number of hydrogen-bond acceptors (Lipinski definition) is 3. The zero-order valence-corrected chi connectivity index (χ0v) is 5.71. The lowest BCUT2D eigenvalue weighted by Gasteiger charge is -1.84. The Bertz CT molecular complexity index is 43.6. The first-order valence-electron chi connectivity index (χ1n) is 2.77. The Hall–Kier alpha value is -0.540. The molecule has 0 aromatic heterocycles. The van der Waals surface area contributed by atoms with E-state index in [4.69, 9.17) is 10.2 Å². The molecule has 0 saturated heterocycles. The van der Waals surface area contributed by atoms with Gasteiger partial charge in [0.25, 0.3) is 0 Å². The van der Waals surface area contributed by atoms with Crippen molar-refractivity contribution in [2.75, 3.05) is 19.8 Å². The van der Waals surface area contributed by atoms with Crippen molar-refractivity contribution >= 4 is 0 Å². The van der Waals surface area contributed by atoms with Crippen LogP contribution in [-0.4, -0.2) is 30.0 Å². The molecule has 56 valence electrons. The Labute approximate surface area is 55.6 Å². The van der Waals surface area contributed by atoms with Gasteiger partial charge in [-0.2, -0.15) is 0 Å². The van der Waals surface area contributed by atoms with Gasteiger partial charge >= 0.3 is 0 Å². The van der Waals surface area contributed by atoms with Crippen molar-refractivity contribution in [2.24, 2.45) is 0 Å². The lowest BCUT2D eigenvalue weighted by atomic mass is 10.8. The van der Waals surface area contributed by atoms with E-state index < -0.39 is 0 Å². The Morgan fingerprint density at radius 2 is 1.89 bits per heavy atom. The predicted octanol–water partition coefficient (Wildman–Crippen LogP) is 0.137. The van der Waals surface area contributed by atoms with Gasteiger partial charge in [0, 0.05) is 0 Å². The third-order valence-electron chi connectivity index (χ3n) is 0.385. The second kappa shape index (κ2) is 15.7. The molecule has 0 aliphatic rings. The molecule has 0 atom stereocenters. The summed E-state index contributed by atoms with van der Waals surface area (Å²) in [5.74, 6) is 0. The van der Waals surface area contributed by atoms with E-state index in [2.05, 4.69) is 11.3 Å². The van der Waals surface area contributed by atoms with Gasteiger partial charge in [0.15, 0.2) is 0 Å². The molecule has 2 N–H and O–H groups in total. The predicted molar refractivity (Wildman–Crippen MR) is 36.0 cm³/mol. The summed E-state index contributed by atoms with van der Waals surface area (Å²) < 4.78 is 4.60. The van der Waals surface area contributed by atoms with Crippen LogP contribution in [0.15, 0.2) is 12.8 Å². The van der Waals surface area contributed by atoms with Gasteiger partial charge in [0.05, 0.1) is 26.1 Å². The standard InChI is InChI=1S/C4H8O.C2H6O2/c1-3-5-4-2;3-1-2-4/h3H,1,4H2,2H3;3-4H,1-2H2. The van der Waals surface area contributed by atoms with Crippen molar-refractivity contribution in [1.29, 1.82) is 0 Å². The maximum absolute atomic E-state index is 7.62. The zero-order valence-electron chi connectivity index (χ0n) is 5.71. The van der Waals surface area contributed by atoms with Crippen LogP contribution < -0.4 is 0 Å². The van der Waals surface area contributed by atoms with Crippen LogP contribution in [0.1, 0.15) is 6.92 Å². The highest BCUT2D eigenvalue weighted by atomic mass is 16.5. The van der Waals surface area contributed by atoms with E-state index >= 15 is 0 Å². The minimum absolute atomic E-state index is 0.125. The summed E-state index contributed by atoms with van der Waals surface area (Å²) in [5.41, 5.74) is 0. The molecule has 0 aliphatic heterocycles. The van der Waals surface area contributed by atoms with Gasteiger partial charge < -0.3 is 14.9 Å². The first kappa shape index (κ1) is 11.3. The second-order valence-electron chi connectivity index (χ2n) is 1.07. The summed E-state index contributed by atoms with van der Waals surface area (Å²) in [5, 5.41) is 15.2. The van der Waals surface area contributed by atoms with Gasteiger partial charge in [-0.05, 0) is 6.92 Å². The molecule has 3 nitrogen and oxygen atoms in total. The van der Waals surface area contributed by atoms with E-state index in [0.29, 0.717) is 0 Å². The molecule has 0 bridgehead atoms. The van der Waals surface area contributed by atoms with E-state index in [1.54, 1.807) is 0 Å². The maximum Gasteiger partial charge on any atom is 0.0844 e. The fourth-order valence-corrected chi connectivity index (χ4v) is 0.118. The highest BCUT2D eigenvalue weighted by Crippen LogP contribution is 1.65. The average Bonchev–Trinajstić information content (AvgIpc) is 1.91. The van der Waals surface area contributed by atoms with Crippen LogP contribution in [0.4, 0.5) is 0 Å². The van der Waals surface area contributed by atoms with E-state index in [0.717, 1.165) is 6.61 Å². The van der Waals surface area contributed by atoms with Gasteiger partial charge in [-0.1, -0.05) is 6.58 Å². The van der Waals surface area contributed by atoms with Crippen LogP contribution in [0, 0.1) is 0 Å². The molecule has 0 aromatic carbocycles. The van der Waals surface area contributed by atoms with E-state index in [-0.39, 0.29) is 13.2 Å². The van der Waals surface area contributed by atoms with Gasteiger partial charge in [-0.25, -0.2) is 0 Å². The summed E-state index contributed by atoms with van der Waals surface area (Å²) in [4.78, 5) is 0. The number of aliphatic hydroxyl groups excluding tert-OH is 2. The van der Waals surface area contributed by atoms with Crippen molar-refractivity contribution in [3.8, 4) is 0 Å². The normalized spacial score (nSPS) is 7.00. The maximum atomic E-state index is 7.62. The van der Waals surface area contributed by atoms with Crippen LogP contribution in [0.25, 0.3) is 0 Å². The monoisotopic (exact) mass is 134 g/mol. The minimum Gasteiger partial charge on any atom is -0.502 e. The summed E-state index contributed by atoms with van der Waals surface area (Å²) in [6, 6.07) is 0. The van der Waals surface area contributed by atoms with Gasteiger partial charge in [0.2, 0.25) is 0 Å². The van der Waals surface area contributed by atoms with E-state index in [1.165, 1.54) is 6.26 Å². The largest absolute Gasteiger partial charge is 0.502 e. The molecule has 0 radical (unpaired) electrons. The summed E-state index contributed by atoms with van der Waals surface area (Å²) >= 11 is 0. The summed E-state index contributed by atoms with van der Waals surface area (Å²) in [7, 11) is 0. The minimum atomic E-state index is -0.125. The molecule has 0 heterocycles. The summed E-state index contributed by atoms with van der Waals surface area (Å²) in [6.45, 7) is 5.72. The Balaban J connectivity index is 0. The molecule has 0 aromatic rings. The number of rotatable bonds is 3. The summed E-state index contributed by atoms with van der Waals surface area (Å²) in [6.07, 6.45) is 1.43. The fourth-order valence-electron chi connectivity index (χ4n) is 0.118. The van der Waals surface area contributed by atoms with Crippen molar-refractivity contribution in [3.05, 3.63) is 12.8 Å². The molecule has 0 spiro atoms. The van der Waals surface area contributed by atoms with Gasteiger partial charge in [-0.15, -0.1) is 0 Å². The molecule has 9 heavy (non-hydrogen) atoms. The Morgan fingerprint density at radius 3 is 1.89 bits per heavy atom. The topological polar surface area (TPSA) is 49.7 Å². The first-order valence-corrected chi connectivity index (χ1v) is 2.77. The molecular formula is C6H14O3. The van der Waals surface area contributed by atoms with Crippen LogP contribution in [0.2, 0.25) is 0 Å². The SMILES string of the molecule is C=COCC.OCCO. The van der Waals surface area contributed by atoms with E-state index in [1.807, 2.05) is 6.92 Å². The van der Waals surface area contributed by atoms with Crippen LogP contribution in [0.3, 0.4) is 0 Å². The number of hydrogen-bond donors (Lipinski definition) is 2. The smallest absolute Gasteiger partial charge is 0.0844 e. The highest BCUT2D eigenvalue weighted by molar-refractivity contribution is 4.45. The number of aliphatic hydroxyl groups is 2. The molecule has 0 fully saturated rings. The van der Waals surface area contributed by atoms with Gasteiger partial charge in [-0.3, -0.25) is 0 Å². The Morgan fingerprint density at radius 1 is 1.44 bits per heavy atom. The molecule has 0 rings (SSSR count).